The van der Waals surface area contributed by atoms with Crippen LogP contribution in [-0.2, 0) is 26.7 Å². The van der Waals surface area contributed by atoms with E-state index in [4.69, 9.17) is 0 Å². The lowest BCUT2D eigenvalue weighted by atomic mass is 9.85. The van der Waals surface area contributed by atoms with E-state index in [1.165, 1.54) is 12.6 Å². The van der Waals surface area contributed by atoms with Crippen molar-refractivity contribution >= 4 is 19.2 Å². The predicted molar refractivity (Wildman–Crippen MR) is 140 cm³/mol. The molecule has 35 heavy (non-hydrogen) atoms. The predicted octanol–water partition coefficient (Wildman–Crippen LogP) is 4.38. The first-order chi connectivity index (χ1) is 16.3. The SMILES string of the molecule is CNC(=O)C(NC(=O)C(CC(C)C)CP(=O)(O)Cc1ccc(Cc2ccccc2)cn1)C(C)(C)C. The van der Waals surface area contributed by atoms with E-state index in [0.717, 1.165) is 12.0 Å². The summed E-state index contributed by atoms with van der Waals surface area (Å²) in [5.74, 6) is -1.20. The summed E-state index contributed by atoms with van der Waals surface area (Å²) in [5, 5.41) is 5.42. The molecule has 0 bridgehead atoms. The van der Waals surface area contributed by atoms with Gasteiger partial charge in [0.1, 0.15) is 6.04 Å². The van der Waals surface area contributed by atoms with Crippen molar-refractivity contribution in [1.82, 2.24) is 15.6 Å². The molecular formula is C27H40N3O4P. The number of pyridine rings is 1. The van der Waals surface area contributed by atoms with Gasteiger partial charge in [-0.3, -0.25) is 19.1 Å². The van der Waals surface area contributed by atoms with Crippen LogP contribution < -0.4 is 10.6 Å². The van der Waals surface area contributed by atoms with E-state index in [2.05, 4.69) is 15.6 Å². The van der Waals surface area contributed by atoms with E-state index in [9.17, 15) is 19.0 Å². The van der Waals surface area contributed by atoms with Gasteiger partial charge in [-0.2, -0.15) is 0 Å². The first-order valence-electron chi connectivity index (χ1n) is 12.1. The number of aromatic nitrogens is 1. The van der Waals surface area contributed by atoms with Gasteiger partial charge in [0.25, 0.3) is 0 Å². The zero-order chi connectivity index (χ0) is 26.2. The Labute approximate surface area is 209 Å². The fraction of sp³-hybridized carbons (Fsp3) is 0.519. The van der Waals surface area contributed by atoms with Crippen LogP contribution in [0, 0.1) is 17.3 Å². The highest BCUT2D eigenvalue weighted by molar-refractivity contribution is 7.57. The second kappa shape index (κ2) is 12.5. The van der Waals surface area contributed by atoms with Gasteiger partial charge in [0.05, 0.1) is 6.16 Å². The summed E-state index contributed by atoms with van der Waals surface area (Å²) in [6.07, 6.45) is 2.66. The van der Waals surface area contributed by atoms with Crippen molar-refractivity contribution in [3.05, 3.63) is 65.5 Å². The Balaban J connectivity index is 2.10. The summed E-state index contributed by atoms with van der Waals surface area (Å²) in [6.45, 7) is 9.54. The van der Waals surface area contributed by atoms with Crippen LogP contribution in [0.4, 0.5) is 0 Å². The molecule has 192 valence electrons. The van der Waals surface area contributed by atoms with Gasteiger partial charge < -0.3 is 15.5 Å². The molecule has 0 fully saturated rings. The van der Waals surface area contributed by atoms with Crippen LogP contribution in [0.5, 0.6) is 0 Å². The van der Waals surface area contributed by atoms with Crippen molar-refractivity contribution in [2.24, 2.45) is 17.3 Å². The fourth-order valence-corrected chi connectivity index (χ4v) is 5.89. The second-order valence-corrected chi connectivity index (χ2v) is 13.1. The van der Waals surface area contributed by atoms with Crippen LogP contribution in [0.2, 0.25) is 0 Å². The van der Waals surface area contributed by atoms with Gasteiger partial charge in [-0.1, -0.05) is 71.0 Å². The van der Waals surface area contributed by atoms with Crippen molar-refractivity contribution in [1.29, 1.82) is 0 Å². The standard InChI is InChI=1S/C27H40N3O4P/c1-19(2)14-22(25(31)30-24(26(32)28-6)27(3,4)5)17-35(33,34)18-23-13-12-21(16-29-23)15-20-10-8-7-9-11-20/h7-13,16,19,22,24H,14-15,17-18H2,1-6H3,(H,28,32)(H,30,31)(H,33,34). The van der Waals surface area contributed by atoms with E-state index in [1.54, 1.807) is 12.3 Å². The van der Waals surface area contributed by atoms with Gasteiger partial charge in [-0.15, -0.1) is 0 Å². The summed E-state index contributed by atoms with van der Waals surface area (Å²) in [7, 11) is -2.17. The van der Waals surface area contributed by atoms with E-state index < -0.39 is 24.7 Å². The Hall–Kier alpha value is -2.50. The molecule has 0 saturated carbocycles. The number of nitrogens with zero attached hydrogens (tertiary/aromatic N) is 1. The van der Waals surface area contributed by atoms with E-state index in [1.807, 2.05) is 71.0 Å². The molecule has 0 spiro atoms. The van der Waals surface area contributed by atoms with Crippen molar-refractivity contribution in [3.8, 4) is 0 Å². The molecule has 1 heterocycles. The lowest BCUT2D eigenvalue weighted by Crippen LogP contribution is -2.54. The van der Waals surface area contributed by atoms with Crippen LogP contribution in [0.25, 0.3) is 0 Å². The maximum Gasteiger partial charge on any atom is 0.242 e. The van der Waals surface area contributed by atoms with Gasteiger partial charge in [0.15, 0.2) is 0 Å². The monoisotopic (exact) mass is 501 g/mol. The van der Waals surface area contributed by atoms with Crippen LogP contribution in [0.15, 0.2) is 48.7 Å². The highest BCUT2D eigenvalue weighted by Gasteiger charge is 2.36. The zero-order valence-electron chi connectivity index (χ0n) is 21.7. The summed E-state index contributed by atoms with van der Waals surface area (Å²) in [6, 6.07) is 13.0. The minimum Gasteiger partial charge on any atom is -0.357 e. The van der Waals surface area contributed by atoms with Crippen LogP contribution >= 0.6 is 7.37 Å². The molecule has 3 atom stereocenters. The van der Waals surface area contributed by atoms with Crippen LogP contribution in [0.3, 0.4) is 0 Å². The third kappa shape index (κ3) is 9.58. The maximum absolute atomic E-state index is 13.2. The number of hydrogen-bond acceptors (Lipinski definition) is 4. The Morgan fingerprint density at radius 1 is 1.03 bits per heavy atom. The minimum absolute atomic E-state index is 0.0986. The van der Waals surface area contributed by atoms with Gasteiger partial charge in [0.2, 0.25) is 19.2 Å². The molecule has 1 aromatic carbocycles. The molecule has 2 aromatic rings. The summed E-state index contributed by atoms with van der Waals surface area (Å²) in [4.78, 5) is 40.7. The molecule has 1 aromatic heterocycles. The number of rotatable bonds is 11. The number of benzene rings is 1. The quantitative estimate of drug-likeness (QED) is 0.396. The Bertz CT molecular complexity index is 1020. The van der Waals surface area contributed by atoms with Crippen LogP contribution in [-0.4, -0.2) is 40.9 Å². The highest BCUT2D eigenvalue weighted by Crippen LogP contribution is 2.47. The Morgan fingerprint density at radius 3 is 2.20 bits per heavy atom. The molecule has 0 aliphatic rings. The largest absolute Gasteiger partial charge is 0.357 e. The molecule has 2 rings (SSSR count). The first kappa shape index (κ1) is 28.7. The average molecular weight is 502 g/mol. The number of nitrogens with one attached hydrogen (secondary N) is 2. The average Bonchev–Trinajstić information content (AvgIpc) is 2.77. The number of amides is 2. The molecule has 3 N–H and O–H groups in total. The first-order valence-corrected chi connectivity index (χ1v) is 14.1. The smallest absolute Gasteiger partial charge is 0.242 e. The molecule has 0 aliphatic heterocycles. The Kier molecular flexibility index (Phi) is 10.2. The number of carbonyl (C=O) groups excluding carboxylic acids is 2. The molecule has 0 aliphatic carbocycles. The summed E-state index contributed by atoms with van der Waals surface area (Å²) >= 11 is 0. The van der Waals surface area contributed by atoms with Crippen LogP contribution in [0.1, 0.15) is 57.9 Å². The van der Waals surface area contributed by atoms with Gasteiger partial charge in [-0.05, 0) is 41.4 Å². The van der Waals surface area contributed by atoms with Gasteiger partial charge in [-0.25, -0.2) is 0 Å². The number of hydrogen-bond donors (Lipinski definition) is 3. The summed E-state index contributed by atoms with van der Waals surface area (Å²) in [5.41, 5.74) is 2.20. The summed E-state index contributed by atoms with van der Waals surface area (Å²) < 4.78 is 13.2. The van der Waals surface area contributed by atoms with Crippen molar-refractivity contribution in [3.63, 3.8) is 0 Å². The highest BCUT2D eigenvalue weighted by atomic mass is 31.2. The molecule has 8 heteroatoms. The Morgan fingerprint density at radius 2 is 1.69 bits per heavy atom. The molecule has 0 radical (unpaired) electrons. The number of likely N-dealkylation sites (N-methyl/N-ethyl adjacent to an activating group) is 1. The third-order valence-electron chi connectivity index (χ3n) is 5.84. The van der Waals surface area contributed by atoms with Gasteiger partial charge in [0, 0.05) is 31.0 Å². The maximum atomic E-state index is 13.2. The fourth-order valence-electron chi connectivity index (χ4n) is 4.06. The molecule has 2 amide bonds. The third-order valence-corrected chi connectivity index (χ3v) is 7.67. The second-order valence-electron chi connectivity index (χ2n) is 10.8. The molecule has 0 saturated heterocycles. The lowest BCUT2D eigenvalue weighted by molar-refractivity contribution is -0.133. The molecular weight excluding hydrogens is 461 g/mol. The van der Waals surface area contributed by atoms with E-state index in [0.29, 0.717) is 12.1 Å². The van der Waals surface area contributed by atoms with E-state index in [-0.39, 0.29) is 30.1 Å². The van der Waals surface area contributed by atoms with Crippen molar-refractivity contribution in [2.45, 2.75) is 59.7 Å². The number of carbonyl (C=O) groups is 2. The van der Waals surface area contributed by atoms with E-state index >= 15 is 0 Å². The van der Waals surface area contributed by atoms with Crippen molar-refractivity contribution in [2.75, 3.05) is 13.2 Å². The normalized spacial score (nSPS) is 15.2. The van der Waals surface area contributed by atoms with Crippen molar-refractivity contribution < 1.29 is 19.0 Å². The van der Waals surface area contributed by atoms with Gasteiger partial charge >= 0.3 is 0 Å². The lowest BCUT2D eigenvalue weighted by Gasteiger charge is -2.32. The zero-order valence-corrected chi connectivity index (χ0v) is 22.6. The molecule has 7 nitrogen and oxygen atoms in total. The minimum atomic E-state index is -3.70. The topological polar surface area (TPSA) is 108 Å². The molecule has 3 unspecified atom stereocenters.